The Bertz CT molecular complexity index is 966. The number of carbonyl (C=O) groups is 2. The maximum atomic E-state index is 12.5. The van der Waals surface area contributed by atoms with Crippen LogP contribution >= 0.6 is 0 Å². The van der Waals surface area contributed by atoms with Gasteiger partial charge in [-0.15, -0.1) is 0 Å². The first kappa shape index (κ1) is 17.0. The molecule has 2 heterocycles. The lowest BCUT2D eigenvalue weighted by Crippen LogP contribution is -2.23. The molecule has 0 atom stereocenters. The van der Waals surface area contributed by atoms with Gasteiger partial charge in [-0.05, 0) is 24.1 Å². The van der Waals surface area contributed by atoms with Gasteiger partial charge in [0.2, 0.25) is 5.91 Å². The van der Waals surface area contributed by atoms with Crippen LogP contribution in [0.3, 0.4) is 0 Å². The first-order valence-electron chi connectivity index (χ1n) is 8.89. The minimum absolute atomic E-state index is 0.181. The van der Waals surface area contributed by atoms with Crippen molar-refractivity contribution in [2.45, 2.75) is 19.4 Å². The van der Waals surface area contributed by atoms with Gasteiger partial charge in [0.1, 0.15) is 0 Å². The van der Waals surface area contributed by atoms with E-state index in [2.05, 4.69) is 10.5 Å². The number of rotatable bonds is 5. The van der Waals surface area contributed by atoms with Crippen molar-refractivity contribution in [3.05, 3.63) is 71.9 Å². The zero-order chi connectivity index (χ0) is 18.6. The fraction of sp³-hybridized carbons (Fsp3) is 0.190. The molecular formula is C21H19N3O3. The van der Waals surface area contributed by atoms with E-state index < -0.39 is 0 Å². The third-order valence-electron chi connectivity index (χ3n) is 4.53. The SMILES string of the molecule is O=C(Nc1cccc(CN2CCCC2=O)c1)c1cc(-c2ccccc2)on1. The van der Waals surface area contributed by atoms with E-state index in [1.165, 1.54) is 0 Å². The summed E-state index contributed by atoms with van der Waals surface area (Å²) >= 11 is 0. The Labute approximate surface area is 156 Å². The molecule has 6 nitrogen and oxygen atoms in total. The summed E-state index contributed by atoms with van der Waals surface area (Å²) in [7, 11) is 0. The van der Waals surface area contributed by atoms with Gasteiger partial charge >= 0.3 is 0 Å². The van der Waals surface area contributed by atoms with Gasteiger partial charge in [-0.25, -0.2) is 0 Å². The highest BCUT2D eigenvalue weighted by atomic mass is 16.5. The summed E-state index contributed by atoms with van der Waals surface area (Å²) in [6.45, 7) is 1.35. The average molecular weight is 361 g/mol. The molecule has 1 N–H and O–H groups in total. The molecule has 2 amide bonds. The third-order valence-corrected chi connectivity index (χ3v) is 4.53. The Morgan fingerprint density at radius 2 is 1.96 bits per heavy atom. The van der Waals surface area contributed by atoms with Crippen LogP contribution in [-0.4, -0.2) is 28.4 Å². The number of amides is 2. The summed E-state index contributed by atoms with van der Waals surface area (Å²) in [5.41, 5.74) is 2.72. The molecule has 0 spiro atoms. The van der Waals surface area contributed by atoms with Crippen molar-refractivity contribution in [2.75, 3.05) is 11.9 Å². The second kappa shape index (κ2) is 7.45. The zero-order valence-electron chi connectivity index (χ0n) is 14.7. The molecule has 0 aliphatic carbocycles. The molecule has 1 aliphatic heterocycles. The molecule has 3 aromatic rings. The predicted molar refractivity (Wildman–Crippen MR) is 101 cm³/mol. The Morgan fingerprint density at radius 1 is 1.11 bits per heavy atom. The third kappa shape index (κ3) is 3.89. The lowest BCUT2D eigenvalue weighted by molar-refractivity contribution is -0.128. The normalized spacial score (nSPS) is 13.8. The molecule has 1 aromatic heterocycles. The van der Waals surface area contributed by atoms with Crippen LogP contribution in [-0.2, 0) is 11.3 Å². The number of anilines is 1. The summed E-state index contributed by atoms with van der Waals surface area (Å²) in [6, 6.07) is 18.6. The Morgan fingerprint density at radius 3 is 2.74 bits per heavy atom. The van der Waals surface area contributed by atoms with Crippen LogP contribution in [0.1, 0.15) is 28.9 Å². The summed E-state index contributed by atoms with van der Waals surface area (Å²) in [4.78, 5) is 26.1. The lowest BCUT2D eigenvalue weighted by Gasteiger charge is -2.16. The average Bonchev–Trinajstić information content (AvgIpc) is 3.33. The van der Waals surface area contributed by atoms with Gasteiger partial charge in [0.05, 0.1) is 0 Å². The number of nitrogens with one attached hydrogen (secondary N) is 1. The van der Waals surface area contributed by atoms with Crippen LogP contribution in [0.2, 0.25) is 0 Å². The van der Waals surface area contributed by atoms with Gasteiger partial charge in [0, 0.05) is 36.8 Å². The van der Waals surface area contributed by atoms with E-state index in [0.717, 1.165) is 24.1 Å². The number of nitrogens with zero attached hydrogens (tertiary/aromatic N) is 2. The van der Waals surface area contributed by atoms with Crippen molar-refractivity contribution in [3.63, 3.8) is 0 Å². The van der Waals surface area contributed by atoms with E-state index in [-0.39, 0.29) is 17.5 Å². The summed E-state index contributed by atoms with van der Waals surface area (Å²) in [5.74, 6) is 0.387. The fourth-order valence-electron chi connectivity index (χ4n) is 3.15. The molecule has 1 saturated heterocycles. The number of likely N-dealkylation sites (tertiary alicyclic amines) is 1. The molecule has 2 aromatic carbocycles. The second-order valence-electron chi connectivity index (χ2n) is 6.52. The van der Waals surface area contributed by atoms with Gasteiger partial charge in [-0.2, -0.15) is 0 Å². The number of carbonyl (C=O) groups excluding carboxylic acids is 2. The topological polar surface area (TPSA) is 75.4 Å². The van der Waals surface area contributed by atoms with E-state index in [0.29, 0.717) is 24.4 Å². The van der Waals surface area contributed by atoms with Crippen LogP contribution < -0.4 is 5.32 Å². The maximum absolute atomic E-state index is 12.5. The highest BCUT2D eigenvalue weighted by molar-refractivity contribution is 6.03. The fourth-order valence-corrected chi connectivity index (χ4v) is 3.15. The highest BCUT2D eigenvalue weighted by Gasteiger charge is 2.20. The lowest BCUT2D eigenvalue weighted by atomic mass is 10.1. The largest absolute Gasteiger partial charge is 0.355 e. The molecule has 0 bridgehead atoms. The summed E-state index contributed by atoms with van der Waals surface area (Å²) < 4.78 is 5.28. The first-order chi connectivity index (χ1) is 13.2. The van der Waals surface area contributed by atoms with Crippen LogP contribution in [0.15, 0.2) is 65.2 Å². The van der Waals surface area contributed by atoms with Crippen molar-refractivity contribution in [1.29, 1.82) is 0 Å². The quantitative estimate of drug-likeness (QED) is 0.751. The van der Waals surface area contributed by atoms with Crippen LogP contribution in [0.4, 0.5) is 5.69 Å². The van der Waals surface area contributed by atoms with Gasteiger partial charge < -0.3 is 14.7 Å². The summed E-state index contributed by atoms with van der Waals surface area (Å²) in [6.07, 6.45) is 1.53. The van der Waals surface area contributed by atoms with Gasteiger partial charge in [0.25, 0.3) is 5.91 Å². The van der Waals surface area contributed by atoms with Crippen LogP contribution in [0.5, 0.6) is 0 Å². The highest BCUT2D eigenvalue weighted by Crippen LogP contribution is 2.21. The second-order valence-corrected chi connectivity index (χ2v) is 6.52. The molecular weight excluding hydrogens is 342 g/mol. The maximum Gasteiger partial charge on any atom is 0.277 e. The molecule has 1 aliphatic rings. The van der Waals surface area contributed by atoms with E-state index in [1.54, 1.807) is 6.07 Å². The zero-order valence-corrected chi connectivity index (χ0v) is 14.7. The monoisotopic (exact) mass is 361 g/mol. The van der Waals surface area contributed by atoms with Gasteiger partial charge in [0.15, 0.2) is 11.5 Å². The van der Waals surface area contributed by atoms with Gasteiger partial charge in [-0.3, -0.25) is 9.59 Å². The molecule has 0 unspecified atom stereocenters. The molecule has 4 rings (SSSR count). The first-order valence-corrected chi connectivity index (χ1v) is 8.89. The smallest absolute Gasteiger partial charge is 0.277 e. The standard InChI is InChI=1S/C21H19N3O3/c25-20-10-5-11-24(20)14-15-6-4-9-17(12-15)22-21(26)18-13-19(27-23-18)16-7-2-1-3-8-16/h1-4,6-9,12-13H,5,10-11,14H2,(H,22,26). The van der Waals surface area contributed by atoms with Crippen molar-refractivity contribution in [3.8, 4) is 11.3 Å². The van der Waals surface area contributed by atoms with E-state index in [4.69, 9.17) is 4.52 Å². The van der Waals surface area contributed by atoms with Crippen molar-refractivity contribution >= 4 is 17.5 Å². The number of aromatic nitrogens is 1. The van der Waals surface area contributed by atoms with Gasteiger partial charge in [-0.1, -0.05) is 47.6 Å². The molecule has 0 saturated carbocycles. The predicted octanol–water partition coefficient (Wildman–Crippen LogP) is 3.72. The van der Waals surface area contributed by atoms with Crippen molar-refractivity contribution in [2.24, 2.45) is 0 Å². The molecule has 1 fully saturated rings. The van der Waals surface area contributed by atoms with Crippen LogP contribution in [0, 0.1) is 0 Å². The van der Waals surface area contributed by atoms with E-state index in [1.807, 2.05) is 59.5 Å². The number of hydrogen-bond donors (Lipinski definition) is 1. The Hall–Kier alpha value is -3.41. The molecule has 136 valence electrons. The number of hydrogen-bond acceptors (Lipinski definition) is 4. The minimum atomic E-state index is -0.338. The number of benzene rings is 2. The van der Waals surface area contributed by atoms with E-state index in [9.17, 15) is 9.59 Å². The van der Waals surface area contributed by atoms with Crippen LogP contribution in [0.25, 0.3) is 11.3 Å². The molecule has 0 radical (unpaired) electrons. The molecule has 6 heteroatoms. The summed E-state index contributed by atoms with van der Waals surface area (Å²) in [5, 5.41) is 6.70. The Kier molecular flexibility index (Phi) is 4.70. The van der Waals surface area contributed by atoms with E-state index >= 15 is 0 Å². The van der Waals surface area contributed by atoms with Crippen molar-refractivity contribution < 1.29 is 14.1 Å². The Balaban J connectivity index is 1.44. The molecule has 27 heavy (non-hydrogen) atoms. The minimum Gasteiger partial charge on any atom is -0.355 e. The van der Waals surface area contributed by atoms with Crippen molar-refractivity contribution in [1.82, 2.24) is 10.1 Å².